The first-order chi connectivity index (χ1) is 11.4. The van der Waals surface area contributed by atoms with Gasteiger partial charge in [-0.1, -0.05) is 6.07 Å². The molecule has 130 valence electrons. The summed E-state index contributed by atoms with van der Waals surface area (Å²) in [7, 11) is 2.31. The molecule has 2 aliphatic heterocycles. The topological polar surface area (TPSA) is 9.72 Å². The largest absolute Gasteiger partial charge is 0.356 e. The molecule has 3 atom stereocenters. The average Bonchev–Trinajstić information content (AvgIpc) is 3.09. The van der Waals surface area contributed by atoms with Crippen molar-refractivity contribution < 1.29 is 0 Å². The standard InChI is InChI=1S/C20H31N4/c1-7-21-12-13-23(17(21)4)19-10-9-11-20(16(19)3)24(6)15-14-22(8-2)18(24)5/h9-15,17-18H,7-8H2,1-6H3/q+1/t17-,18+,24?/m1/s1. The lowest BCUT2D eigenvalue weighted by atomic mass is 10.1. The fourth-order valence-corrected chi connectivity index (χ4v) is 4.06. The van der Waals surface area contributed by atoms with Crippen molar-refractivity contribution >= 4 is 11.4 Å². The molecule has 3 rings (SSSR count). The molecule has 1 unspecified atom stereocenters. The maximum absolute atomic E-state index is 2.41. The van der Waals surface area contributed by atoms with Crippen molar-refractivity contribution in [3.05, 3.63) is 48.6 Å². The van der Waals surface area contributed by atoms with Crippen LogP contribution < -0.4 is 9.38 Å². The minimum atomic E-state index is 0.368. The molecule has 1 aromatic rings. The molecule has 0 fully saturated rings. The third-order valence-corrected chi connectivity index (χ3v) is 5.93. The molecule has 0 amide bonds. The number of nitrogens with zero attached hydrogens (tertiary/aromatic N) is 4. The number of rotatable bonds is 4. The fraction of sp³-hybridized carbons (Fsp3) is 0.500. The van der Waals surface area contributed by atoms with Crippen LogP contribution in [0.15, 0.2) is 43.0 Å². The molecule has 24 heavy (non-hydrogen) atoms. The van der Waals surface area contributed by atoms with Gasteiger partial charge in [0.1, 0.15) is 18.1 Å². The average molecular weight is 327 g/mol. The van der Waals surface area contributed by atoms with E-state index in [4.69, 9.17) is 0 Å². The Kier molecular flexibility index (Phi) is 4.35. The Labute approximate surface area is 146 Å². The molecular formula is C20H31N4+. The molecule has 4 nitrogen and oxygen atoms in total. The third kappa shape index (κ3) is 2.40. The van der Waals surface area contributed by atoms with Gasteiger partial charge in [-0.3, -0.25) is 0 Å². The quantitative estimate of drug-likeness (QED) is 0.773. The van der Waals surface area contributed by atoms with E-state index in [0.29, 0.717) is 12.3 Å². The summed E-state index contributed by atoms with van der Waals surface area (Å²) in [4.78, 5) is 7.15. The molecule has 0 radical (unpaired) electrons. The molecular weight excluding hydrogens is 296 g/mol. The van der Waals surface area contributed by atoms with Crippen LogP contribution in [0.3, 0.4) is 0 Å². The number of hydrogen-bond acceptors (Lipinski definition) is 3. The van der Waals surface area contributed by atoms with Crippen LogP contribution in [0, 0.1) is 6.92 Å². The van der Waals surface area contributed by atoms with E-state index < -0.39 is 0 Å². The zero-order chi connectivity index (χ0) is 17.5. The summed E-state index contributed by atoms with van der Waals surface area (Å²) in [5, 5.41) is 0. The second-order valence-corrected chi connectivity index (χ2v) is 7.00. The zero-order valence-electron chi connectivity index (χ0n) is 15.9. The van der Waals surface area contributed by atoms with E-state index in [1.54, 1.807) is 0 Å². The number of anilines is 1. The van der Waals surface area contributed by atoms with Crippen LogP contribution in [0.25, 0.3) is 0 Å². The van der Waals surface area contributed by atoms with E-state index in [9.17, 15) is 0 Å². The highest BCUT2D eigenvalue weighted by atomic mass is 15.5. The Balaban J connectivity index is 1.99. The fourth-order valence-electron chi connectivity index (χ4n) is 4.06. The molecule has 0 N–H and O–H groups in total. The van der Waals surface area contributed by atoms with Crippen molar-refractivity contribution in [1.82, 2.24) is 14.3 Å². The van der Waals surface area contributed by atoms with E-state index in [2.05, 4.69) is 99.4 Å². The summed E-state index contributed by atoms with van der Waals surface area (Å²) >= 11 is 0. The third-order valence-electron chi connectivity index (χ3n) is 5.93. The summed E-state index contributed by atoms with van der Waals surface area (Å²) < 4.78 is 0.830. The van der Waals surface area contributed by atoms with Crippen molar-refractivity contribution in [2.45, 2.75) is 47.0 Å². The first-order valence-corrected chi connectivity index (χ1v) is 9.07. The Hall–Kier alpha value is -1.94. The predicted molar refractivity (Wildman–Crippen MR) is 103 cm³/mol. The highest BCUT2D eigenvalue weighted by molar-refractivity contribution is 5.68. The molecule has 4 heteroatoms. The van der Waals surface area contributed by atoms with Gasteiger partial charge in [-0.05, 0) is 33.8 Å². The molecule has 0 aromatic heterocycles. The van der Waals surface area contributed by atoms with Gasteiger partial charge in [-0.15, -0.1) is 0 Å². The van der Waals surface area contributed by atoms with Gasteiger partial charge in [0.2, 0.25) is 0 Å². The zero-order valence-corrected chi connectivity index (χ0v) is 15.9. The second kappa shape index (κ2) is 6.17. The van der Waals surface area contributed by atoms with Crippen LogP contribution in [-0.2, 0) is 0 Å². The normalized spacial score (nSPS) is 29.2. The van der Waals surface area contributed by atoms with Gasteiger partial charge in [0, 0.05) is 44.0 Å². The van der Waals surface area contributed by atoms with Crippen LogP contribution in [0.2, 0.25) is 0 Å². The van der Waals surface area contributed by atoms with Crippen molar-refractivity contribution in [2.75, 3.05) is 25.0 Å². The summed E-state index contributed by atoms with van der Waals surface area (Å²) in [5.41, 5.74) is 4.05. The monoisotopic (exact) mass is 327 g/mol. The van der Waals surface area contributed by atoms with E-state index in [1.165, 1.54) is 16.9 Å². The van der Waals surface area contributed by atoms with Gasteiger partial charge in [-0.2, -0.15) is 0 Å². The Morgan fingerprint density at radius 2 is 1.71 bits per heavy atom. The lowest BCUT2D eigenvalue weighted by Crippen LogP contribution is -2.50. The molecule has 0 bridgehead atoms. The summed E-state index contributed by atoms with van der Waals surface area (Å²) in [6.45, 7) is 13.3. The molecule has 0 saturated carbocycles. The van der Waals surface area contributed by atoms with E-state index >= 15 is 0 Å². The molecule has 0 saturated heterocycles. The lowest BCUT2D eigenvalue weighted by Gasteiger charge is -2.37. The Bertz CT molecular complexity index is 666. The molecule has 2 aliphatic rings. The van der Waals surface area contributed by atoms with Crippen molar-refractivity contribution in [3.63, 3.8) is 0 Å². The van der Waals surface area contributed by atoms with Crippen LogP contribution in [0.1, 0.15) is 33.3 Å². The Morgan fingerprint density at radius 1 is 1.00 bits per heavy atom. The highest BCUT2D eigenvalue weighted by Gasteiger charge is 2.39. The molecule has 0 aliphatic carbocycles. The van der Waals surface area contributed by atoms with E-state index in [1.807, 2.05) is 0 Å². The molecule has 0 spiro atoms. The van der Waals surface area contributed by atoms with Gasteiger partial charge in [0.15, 0.2) is 6.17 Å². The van der Waals surface area contributed by atoms with Crippen LogP contribution in [0.4, 0.5) is 11.4 Å². The smallest absolute Gasteiger partial charge is 0.170 e. The number of hydrogen-bond donors (Lipinski definition) is 0. The van der Waals surface area contributed by atoms with Gasteiger partial charge in [0.25, 0.3) is 0 Å². The van der Waals surface area contributed by atoms with Crippen LogP contribution in [0.5, 0.6) is 0 Å². The lowest BCUT2D eigenvalue weighted by molar-refractivity contribution is 0.202. The van der Waals surface area contributed by atoms with Gasteiger partial charge < -0.3 is 14.7 Å². The maximum atomic E-state index is 2.41. The summed E-state index contributed by atoms with van der Waals surface area (Å²) in [6, 6.07) is 6.72. The minimum Gasteiger partial charge on any atom is -0.356 e. The highest BCUT2D eigenvalue weighted by Crippen LogP contribution is 2.39. The number of benzene rings is 1. The first-order valence-electron chi connectivity index (χ1n) is 9.07. The first kappa shape index (κ1) is 16.9. The van der Waals surface area contributed by atoms with Crippen molar-refractivity contribution in [2.24, 2.45) is 0 Å². The summed E-state index contributed by atoms with van der Waals surface area (Å²) in [6.07, 6.45) is 9.76. The van der Waals surface area contributed by atoms with Gasteiger partial charge in [0.05, 0.1) is 18.9 Å². The van der Waals surface area contributed by atoms with Gasteiger partial charge in [-0.25, -0.2) is 4.48 Å². The molecule has 1 aromatic carbocycles. The van der Waals surface area contributed by atoms with E-state index in [0.717, 1.165) is 17.6 Å². The summed E-state index contributed by atoms with van der Waals surface area (Å²) in [5.74, 6) is 0. The van der Waals surface area contributed by atoms with Gasteiger partial charge >= 0.3 is 0 Å². The van der Waals surface area contributed by atoms with Crippen LogP contribution >= 0.6 is 0 Å². The number of quaternary nitrogens is 1. The molecule has 2 heterocycles. The SMILES string of the molecule is CCN1C=CN(c2cccc([N+]3(C)C=CN(CC)[C@@H]3C)c2C)[C@@H]1C. The predicted octanol–water partition coefficient (Wildman–Crippen LogP) is 4.04. The van der Waals surface area contributed by atoms with Crippen LogP contribution in [-0.4, -0.2) is 42.3 Å². The van der Waals surface area contributed by atoms with E-state index in [-0.39, 0.29) is 0 Å². The minimum absolute atomic E-state index is 0.368. The Morgan fingerprint density at radius 3 is 2.29 bits per heavy atom. The van der Waals surface area contributed by atoms with Crippen molar-refractivity contribution in [1.29, 1.82) is 0 Å². The second-order valence-electron chi connectivity index (χ2n) is 7.00. The van der Waals surface area contributed by atoms with Crippen molar-refractivity contribution in [3.8, 4) is 0 Å². The maximum Gasteiger partial charge on any atom is 0.170 e.